The SMILES string of the molecule is COc1ccc(-c2nn(C)c3c2C(=O)C(Br)=CC3=O)cc1OC. The first-order valence-corrected chi connectivity index (χ1v) is 7.52. The fourth-order valence-corrected chi connectivity index (χ4v) is 2.98. The van der Waals surface area contributed by atoms with Crippen LogP contribution in [0, 0.1) is 0 Å². The van der Waals surface area contributed by atoms with Crippen molar-refractivity contribution < 1.29 is 19.1 Å². The number of aromatic nitrogens is 2. The summed E-state index contributed by atoms with van der Waals surface area (Å²) in [6, 6.07) is 5.23. The van der Waals surface area contributed by atoms with E-state index in [9.17, 15) is 9.59 Å². The second kappa shape index (κ2) is 5.66. The Kier molecular flexibility index (Phi) is 3.81. The highest BCUT2D eigenvalue weighted by Crippen LogP contribution is 2.36. The van der Waals surface area contributed by atoms with Gasteiger partial charge in [-0.2, -0.15) is 5.10 Å². The number of fused-ring (bicyclic) bond motifs is 1. The molecule has 23 heavy (non-hydrogen) atoms. The van der Waals surface area contributed by atoms with E-state index in [-0.39, 0.29) is 21.7 Å². The molecule has 1 aliphatic rings. The zero-order chi connectivity index (χ0) is 16.7. The minimum Gasteiger partial charge on any atom is -0.493 e. The molecule has 0 amide bonds. The van der Waals surface area contributed by atoms with E-state index in [0.29, 0.717) is 28.3 Å². The van der Waals surface area contributed by atoms with Crippen LogP contribution in [0.3, 0.4) is 0 Å². The molecule has 0 fully saturated rings. The maximum Gasteiger partial charge on any atom is 0.205 e. The number of carbonyl (C=O) groups is 2. The largest absolute Gasteiger partial charge is 0.493 e. The summed E-state index contributed by atoms with van der Waals surface area (Å²) in [6.45, 7) is 0. The molecule has 1 aliphatic carbocycles. The topological polar surface area (TPSA) is 70.4 Å². The van der Waals surface area contributed by atoms with Crippen molar-refractivity contribution in [3.8, 4) is 22.8 Å². The smallest absolute Gasteiger partial charge is 0.205 e. The van der Waals surface area contributed by atoms with E-state index >= 15 is 0 Å². The maximum atomic E-state index is 12.5. The summed E-state index contributed by atoms with van der Waals surface area (Å²) in [7, 11) is 4.72. The van der Waals surface area contributed by atoms with E-state index in [4.69, 9.17) is 9.47 Å². The van der Waals surface area contributed by atoms with E-state index < -0.39 is 0 Å². The molecular formula is C16H13BrN2O4. The predicted octanol–water partition coefficient (Wildman–Crippen LogP) is 2.76. The molecule has 2 aromatic rings. The van der Waals surface area contributed by atoms with Gasteiger partial charge in [0, 0.05) is 18.7 Å². The number of carbonyl (C=O) groups excluding carboxylic acids is 2. The normalized spacial score (nSPS) is 13.7. The number of rotatable bonds is 3. The quantitative estimate of drug-likeness (QED) is 0.823. The van der Waals surface area contributed by atoms with E-state index in [1.807, 2.05) is 0 Å². The molecule has 0 saturated heterocycles. The third kappa shape index (κ3) is 2.37. The lowest BCUT2D eigenvalue weighted by atomic mass is 9.96. The summed E-state index contributed by atoms with van der Waals surface area (Å²) in [5.74, 6) is 0.573. The summed E-state index contributed by atoms with van der Waals surface area (Å²) in [5.41, 5.74) is 1.68. The minimum atomic E-state index is -0.266. The summed E-state index contributed by atoms with van der Waals surface area (Å²) in [5, 5.41) is 4.35. The Morgan fingerprint density at radius 2 is 1.83 bits per heavy atom. The summed E-state index contributed by atoms with van der Waals surface area (Å²) >= 11 is 3.14. The number of allylic oxidation sites excluding steroid dienone is 2. The Balaban J connectivity index is 2.23. The Morgan fingerprint density at radius 3 is 2.48 bits per heavy atom. The number of methoxy groups -OCH3 is 2. The van der Waals surface area contributed by atoms with E-state index in [0.717, 1.165) is 0 Å². The number of halogens is 1. The highest BCUT2D eigenvalue weighted by atomic mass is 79.9. The molecule has 1 aromatic carbocycles. The minimum absolute atomic E-state index is 0.227. The number of nitrogens with zero attached hydrogens (tertiary/aromatic N) is 2. The molecule has 3 rings (SSSR count). The van der Waals surface area contributed by atoms with Crippen molar-refractivity contribution in [1.29, 1.82) is 0 Å². The average Bonchev–Trinajstić information content (AvgIpc) is 2.90. The molecule has 0 saturated carbocycles. The zero-order valence-electron chi connectivity index (χ0n) is 12.7. The molecule has 0 N–H and O–H groups in total. The van der Waals surface area contributed by atoms with Crippen molar-refractivity contribution in [3.63, 3.8) is 0 Å². The monoisotopic (exact) mass is 376 g/mol. The highest BCUT2D eigenvalue weighted by Gasteiger charge is 2.32. The van der Waals surface area contributed by atoms with Crippen LogP contribution in [-0.4, -0.2) is 35.6 Å². The number of ether oxygens (including phenoxy) is 2. The fourth-order valence-electron chi connectivity index (χ4n) is 2.58. The van der Waals surface area contributed by atoms with Gasteiger partial charge in [-0.3, -0.25) is 14.3 Å². The van der Waals surface area contributed by atoms with Crippen LogP contribution in [0.4, 0.5) is 0 Å². The van der Waals surface area contributed by atoms with Crippen molar-refractivity contribution in [1.82, 2.24) is 9.78 Å². The predicted molar refractivity (Wildman–Crippen MR) is 87.4 cm³/mol. The van der Waals surface area contributed by atoms with Gasteiger partial charge < -0.3 is 9.47 Å². The lowest BCUT2D eigenvalue weighted by Gasteiger charge is -2.11. The van der Waals surface area contributed by atoms with Crippen molar-refractivity contribution >= 4 is 27.5 Å². The fraction of sp³-hybridized carbons (Fsp3) is 0.188. The molecule has 0 unspecified atom stereocenters. The zero-order valence-corrected chi connectivity index (χ0v) is 14.3. The average molecular weight is 377 g/mol. The van der Waals surface area contributed by atoms with Crippen LogP contribution >= 0.6 is 15.9 Å². The van der Waals surface area contributed by atoms with Crippen molar-refractivity contribution in [2.24, 2.45) is 7.05 Å². The molecule has 7 heteroatoms. The number of ketones is 2. The standard InChI is InChI=1S/C16H13BrN2O4/c1-19-15-10(20)7-9(17)16(21)13(15)14(18-19)8-4-5-11(22-2)12(6-8)23-3/h4-7H,1-3H3. The Labute approximate surface area is 140 Å². The van der Waals surface area contributed by atoms with E-state index in [1.165, 1.54) is 17.9 Å². The molecule has 0 radical (unpaired) electrons. The van der Waals surface area contributed by atoms with Gasteiger partial charge in [-0.1, -0.05) is 0 Å². The van der Waals surface area contributed by atoms with Gasteiger partial charge in [-0.25, -0.2) is 0 Å². The first-order chi connectivity index (χ1) is 11.0. The van der Waals surface area contributed by atoms with Gasteiger partial charge in [0.05, 0.1) is 24.3 Å². The second-order valence-electron chi connectivity index (χ2n) is 4.95. The molecule has 1 heterocycles. The molecule has 118 valence electrons. The van der Waals surface area contributed by atoms with Gasteiger partial charge in [-0.15, -0.1) is 0 Å². The first-order valence-electron chi connectivity index (χ1n) is 6.73. The van der Waals surface area contributed by atoms with Crippen LogP contribution in [0.25, 0.3) is 11.3 Å². The van der Waals surface area contributed by atoms with Crippen LogP contribution in [0.1, 0.15) is 20.8 Å². The third-order valence-corrected chi connectivity index (χ3v) is 4.23. The van der Waals surface area contributed by atoms with Gasteiger partial charge in [0.2, 0.25) is 11.6 Å². The molecule has 0 bridgehead atoms. The van der Waals surface area contributed by atoms with Crippen LogP contribution in [-0.2, 0) is 7.05 Å². The lowest BCUT2D eigenvalue weighted by molar-refractivity contribution is 0.0987. The Bertz CT molecular complexity index is 867. The van der Waals surface area contributed by atoms with Gasteiger partial charge in [0.25, 0.3) is 0 Å². The van der Waals surface area contributed by atoms with Gasteiger partial charge in [-0.05, 0) is 34.1 Å². The highest BCUT2D eigenvalue weighted by molar-refractivity contribution is 9.12. The lowest BCUT2D eigenvalue weighted by Crippen LogP contribution is -2.16. The van der Waals surface area contributed by atoms with Crippen LogP contribution in [0.5, 0.6) is 11.5 Å². The molecule has 6 nitrogen and oxygen atoms in total. The van der Waals surface area contributed by atoms with Crippen LogP contribution in [0.15, 0.2) is 28.8 Å². The second-order valence-corrected chi connectivity index (χ2v) is 5.81. The third-order valence-electron chi connectivity index (χ3n) is 3.64. The molecule has 0 atom stereocenters. The number of aryl methyl sites for hydroxylation is 1. The summed E-state index contributed by atoms with van der Waals surface area (Å²) < 4.78 is 12.2. The van der Waals surface area contributed by atoms with Gasteiger partial charge in [0.1, 0.15) is 11.4 Å². The summed E-state index contributed by atoms with van der Waals surface area (Å²) in [4.78, 5) is 24.6. The van der Waals surface area contributed by atoms with Crippen molar-refractivity contribution in [3.05, 3.63) is 40.0 Å². The summed E-state index contributed by atoms with van der Waals surface area (Å²) in [6.07, 6.45) is 1.27. The maximum absolute atomic E-state index is 12.5. The Morgan fingerprint density at radius 1 is 1.13 bits per heavy atom. The number of hydrogen-bond donors (Lipinski definition) is 0. The molecule has 1 aromatic heterocycles. The van der Waals surface area contributed by atoms with E-state index in [2.05, 4.69) is 21.0 Å². The van der Waals surface area contributed by atoms with Crippen LogP contribution < -0.4 is 9.47 Å². The number of benzene rings is 1. The number of hydrogen-bond acceptors (Lipinski definition) is 5. The molecule has 0 aliphatic heterocycles. The van der Waals surface area contributed by atoms with Crippen LogP contribution in [0.2, 0.25) is 0 Å². The Hall–Kier alpha value is -2.41. The van der Waals surface area contributed by atoms with Crippen molar-refractivity contribution in [2.45, 2.75) is 0 Å². The molecule has 0 spiro atoms. The first kappa shape index (κ1) is 15.5. The van der Waals surface area contributed by atoms with Gasteiger partial charge >= 0.3 is 0 Å². The molecular weight excluding hydrogens is 364 g/mol. The van der Waals surface area contributed by atoms with E-state index in [1.54, 1.807) is 32.4 Å². The number of Topliss-reactive ketones (excluding diaryl/α,β-unsaturated/α-hetero) is 1. The van der Waals surface area contributed by atoms with Crippen molar-refractivity contribution in [2.75, 3.05) is 14.2 Å². The van der Waals surface area contributed by atoms with Gasteiger partial charge in [0.15, 0.2) is 11.5 Å².